The summed E-state index contributed by atoms with van der Waals surface area (Å²) in [6, 6.07) is 80.2. The van der Waals surface area contributed by atoms with Gasteiger partial charge < -0.3 is 30.2 Å². The number of aryl methyl sites for hydroxylation is 5. The number of nitrogens with zero attached hydrogens (tertiary/aromatic N) is 6. The highest BCUT2D eigenvalue weighted by Gasteiger charge is 2.21. The van der Waals surface area contributed by atoms with Gasteiger partial charge in [0, 0.05) is 106 Å². The lowest BCUT2D eigenvalue weighted by Gasteiger charge is -2.29. The zero-order valence-corrected chi connectivity index (χ0v) is 70.7. The Morgan fingerprint density at radius 2 is 0.571 bits per heavy atom. The smallest absolute Gasteiger partial charge is 0.346 e. The van der Waals surface area contributed by atoms with Gasteiger partial charge in [-0.05, 0) is 274 Å². The van der Waals surface area contributed by atoms with Gasteiger partial charge >= 0.3 is 23.9 Å². The van der Waals surface area contributed by atoms with Crippen LogP contribution in [0.25, 0.3) is 122 Å². The standard InChI is InChI=1S/C49H35N3O4S4.C48H33N3O4S4/c1-30-25-31(2)47(32(3)26-30)52(36-11-5-33(6-12-36)9-15-38-17-21-43(57-38)45-23-19-40(59-45)27-35(29-50)48(53)54)37-13-7-34(8-14-37)10-16-39-18-22-44(58-39)46-24-20-41(60-46)28-42(51-4)49(55)56;1-30-4-21-42(31(2)26-30)51(35-11-5-32(6-12-35)9-15-37-17-22-43(56-37)45-24-19-39(58-45)27-34(29-49)47(52)53)36-13-7-33(8-14-36)10-16-38-18-23-44(57-38)46-25-20-40(59-46)28-41(50-3)48(54)55/h5-28H,1-3H3,(H,53,54)(H,55,56);4-28H,1-2H3,(H,52,53)(H,54,55)/b15-9+,16-10+,35-27+,42-28-;15-9+,16-10+,34-27+,41-28-. The van der Waals surface area contributed by atoms with Crippen LogP contribution in [-0.4, -0.2) is 44.3 Å². The lowest BCUT2D eigenvalue weighted by Crippen LogP contribution is -2.13. The van der Waals surface area contributed by atoms with Crippen molar-refractivity contribution in [3.05, 3.63) is 359 Å². The van der Waals surface area contributed by atoms with Crippen LogP contribution in [0, 0.1) is 70.4 Å². The minimum atomic E-state index is -1.23. The van der Waals surface area contributed by atoms with E-state index in [4.69, 9.17) is 23.7 Å². The van der Waals surface area contributed by atoms with Gasteiger partial charge in [-0.3, -0.25) is 9.59 Å². The molecule has 0 aliphatic rings. The molecule has 0 amide bonds. The second-order valence-corrected chi connectivity index (χ2v) is 35.8. The van der Waals surface area contributed by atoms with Gasteiger partial charge in [-0.1, -0.05) is 108 Å². The molecule has 8 heterocycles. The van der Waals surface area contributed by atoms with Crippen LogP contribution >= 0.6 is 90.7 Å². The van der Waals surface area contributed by atoms with Crippen LogP contribution in [0.3, 0.4) is 0 Å². The lowest BCUT2D eigenvalue weighted by atomic mass is 10.0. The molecule has 14 aromatic rings. The molecule has 0 spiro atoms. The van der Waals surface area contributed by atoms with Crippen molar-refractivity contribution >= 4 is 222 Å². The number of rotatable bonds is 26. The Labute approximate surface area is 720 Å². The average molecular weight is 1700 g/mol. The topological polar surface area (TPSA) is 212 Å². The van der Waals surface area contributed by atoms with E-state index in [9.17, 15) is 39.6 Å². The van der Waals surface area contributed by atoms with Crippen LogP contribution in [-0.2, 0) is 19.2 Å². The van der Waals surface area contributed by atoms with Gasteiger partial charge in [-0.15, -0.1) is 90.7 Å². The highest BCUT2D eigenvalue weighted by molar-refractivity contribution is 7.24. The highest BCUT2D eigenvalue weighted by atomic mass is 32.1. The summed E-state index contributed by atoms with van der Waals surface area (Å²) in [4.78, 5) is 71.4. The van der Waals surface area contributed by atoms with Crippen LogP contribution in [0.1, 0.15) is 89.1 Å². The van der Waals surface area contributed by atoms with E-state index in [0.29, 0.717) is 0 Å². The third-order valence-electron chi connectivity index (χ3n) is 18.3. The fraction of sp³-hybridized carbons (Fsp3) is 0.0515. The van der Waals surface area contributed by atoms with Gasteiger partial charge in [0.05, 0.1) is 18.8 Å². The van der Waals surface area contributed by atoms with E-state index in [1.807, 2.05) is 48.5 Å². The predicted molar refractivity (Wildman–Crippen MR) is 499 cm³/mol. The SMILES string of the molecule is [C-]#[N+]/C(=C\c1ccc(-c2ccc(/C=C/c3ccc(N(c4ccc(/C=C/c5ccc(-c6ccc(/C=C(\C#N)C(=O)O)s6)s5)cc4)c4c(C)cc(C)cc4C)cc3)s2)s1)C(=O)O.[C-]#[N+]/C(=C\c1ccc(-c2ccc(/C=C/c3ccc(N(c4ccc(/C=C/c5ccc(-c6ccc(/C=C(\C#N)C(=O)O)s6)s5)cc4)c4ccc(C)cc4C)cc3)s2)s1)C(=O)O. The molecule has 6 aromatic carbocycles. The number of hydrogen-bond donors (Lipinski definition) is 4. The van der Waals surface area contributed by atoms with E-state index in [-0.39, 0.29) is 22.5 Å². The van der Waals surface area contributed by atoms with Crippen molar-refractivity contribution in [3.8, 4) is 51.2 Å². The molecule has 0 radical (unpaired) electrons. The van der Waals surface area contributed by atoms with Gasteiger partial charge in [-0.25, -0.2) is 19.3 Å². The number of hydrogen-bond acceptors (Lipinski definition) is 16. The normalized spacial score (nSPS) is 11.9. The maximum atomic E-state index is 11.3. The van der Waals surface area contributed by atoms with E-state index in [0.717, 1.165) is 134 Å². The minimum Gasteiger partial charge on any atom is -0.486 e. The molecule has 8 aromatic heterocycles. The maximum Gasteiger partial charge on any atom is 0.346 e. The van der Waals surface area contributed by atoms with Crippen LogP contribution in [0.5, 0.6) is 0 Å². The monoisotopic (exact) mass is 1700 g/mol. The zero-order chi connectivity index (χ0) is 83.8. The van der Waals surface area contributed by atoms with E-state index in [1.165, 1.54) is 97.5 Å². The lowest BCUT2D eigenvalue weighted by molar-refractivity contribution is -0.133. The summed E-state index contributed by atoms with van der Waals surface area (Å²) in [7, 11) is 0. The molecule has 14 nitrogen and oxygen atoms in total. The fourth-order valence-corrected chi connectivity index (χ4v) is 20.5. The van der Waals surface area contributed by atoms with E-state index in [1.54, 1.807) is 57.5 Å². The highest BCUT2D eigenvalue weighted by Crippen LogP contribution is 2.44. The molecule has 0 atom stereocenters. The van der Waals surface area contributed by atoms with E-state index in [2.05, 4.69) is 279 Å². The number of aliphatic carboxylic acids is 4. The molecule has 0 aliphatic carbocycles. The molecule has 22 heteroatoms. The molecule has 0 fully saturated rings. The Kier molecular flexibility index (Phi) is 26.8. The Hall–Kier alpha value is -13.7. The Balaban J connectivity index is 0.000000206. The second-order valence-electron chi connectivity index (χ2n) is 26.9. The second kappa shape index (κ2) is 38.4. The molecule has 0 unspecified atom stereocenters. The zero-order valence-electron chi connectivity index (χ0n) is 64.2. The van der Waals surface area contributed by atoms with Gasteiger partial charge in [0.15, 0.2) is 0 Å². The van der Waals surface area contributed by atoms with Crippen molar-refractivity contribution in [1.82, 2.24) is 0 Å². The minimum absolute atomic E-state index is 0.287. The average Bonchev–Trinajstić information content (AvgIpc) is 1.72. The van der Waals surface area contributed by atoms with Gasteiger partial charge in [0.1, 0.15) is 23.3 Å². The van der Waals surface area contributed by atoms with Crippen molar-refractivity contribution in [1.29, 1.82) is 10.5 Å². The summed E-state index contributed by atoms with van der Waals surface area (Å²) in [5, 5.41) is 55.0. The number of carboxylic acid groups (broad SMARTS) is 4. The Morgan fingerprint density at radius 3 is 0.832 bits per heavy atom. The number of carbonyl (C=O) groups is 4. The fourth-order valence-electron chi connectivity index (χ4n) is 12.7. The first-order chi connectivity index (χ1) is 57.5. The first-order valence-electron chi connectivity index (χ1n) is 36.6. The molecule has 582 valence electrons. The summed E-state index contributed by atoms with van der Waals surface area (Å²) in [5.74, 6) is -4.92. The van der Waals surface area contributed by atoms with Crippen molar-refractivity contribution in [3.63, 3.8) is 0 Å². The largest absolute Gasteiger partial charge is 0.486 e. The molecular weight excluding hydrogens is 1630 g/mol. The first-order valence-corrected chi connectivity index (χ1v) is 43.1. The van der Waals surface area contributed by atoms with E-state index >= 15 is 0 Å². The van der Waals surface area contributed by atoms with Gasteiger partial charge in [0.25, 0.3) is 11.4 Å². The van der Waals surface area contributed by atoms with Crippen LogP contribution < -0.4 is 9.80 Å². The molecule has 0 aliphatic heterocycles. The van der Waals surface area contributed by atoms with Crippen molar-refractivity contribution in [2.24, 2.45) is 0 Å². The molecule has 0 saturated carbocycles. The summed E-state index contributed by atoms with van der Waals surface area (Å²) in [6.45, 7) is 24.9. The van der Waals surface area contributed by atoms with Crippen molar-refractivity contribution in [2.45, 2.75) is 34.6 Å². The molecule has 119 heavy (non-hydrogen) atoms. The Bertz CT molecular complexity index is 6260. The van der Waals surface area contributed by atoms with E-state index < -0.39 is 23.9 Å². The van der Waals surface area contributed by atoms with Crippen LogP contribution in [0.2, 0.25) is 0 Å². The first kappa shape index (κ1) is 83.2. The number of thiophene rings is 8. The summed E-state index contributed by atoms with van der Waals surface area (Å²) >= 11 is 12.4. The molecular formula is C97H68N6O8S8. The summed E-state index contributed by atoms with van der Waals surface area (Å²) < 4.78 is 0. The molecule has 14 rings (SSSR count). The van der Waals surface area contributed by atoms with Crippen LogP contribution in [0.15, 0.2) is 247 Å². The predicted octanol–water partition coefficient (Wildman–Crippen LogP) is 28.4. The summed E-state index contributed by atoms with van der Waals surface area (Å²) in [5.41, 5.74) is 15.4. The van der Waals surface area contributed by atoms with Crippen molar-refractivity contribution in [2.75, 3.05) is 9.80 Å². The quantitative estimate of drug-likeness (QED) is 0.0227. The van der Waals surface area contributed by atoms with Gasteiger partial charge in [0.2, 0.25) is 0 Å². The molecule has 0 saturated heterocycles. The number of anilines is 6. The third kappa shape index (κ3) is 21.1. The van der Waals surface area contributed by atoms with Crippen LogP contribution in [0.4, 0.5) is 34.1 Å². The molecule has 4 N–H and O–H groups in total. The molecule has 0 bridgehead atoms. The third-order valence-corrected chi connectivity index (χ3v) is 27.4. The number of nitriles is 2. The number of carboxylic acids is 4. The Morgan fingerprint density at radius 1 is 0.311 bits per heavy atom. The number of benzene rings is 6. The maximum absolute atomic E-state index is 11.3. The summed E-state index contributed by atoms with van der Waals surface area (Å²) in [6.07, 6.45) is 22.4. The van der Waals surface area contributed by atoms with Gasteiger partial charge in [-0.2, -0.15) is 10.5 Å². The van der Waals surface area contributed by atoms with Crippen molar-refractivity contribution < 1.29 is 39.6 Å².